The van der Waals surface area contributed by atoms with Crippen molar-refractivity contribution in [3.8, 4) is 0 Å². The lowest BCUT2D eigenvalue weighted by atomic mass is 9.68. The Kier molecular flexibility index (Phi) is 4.78. The summed E-state index contributed by atoms with van der Waals surface area (Å²) in [6.45, 7) is 6.76. The van der Waals surface area contributed by atoms with Crippen molar-refractivity contribution in [2.24, 2.45) is 5.41 Å². The van der Waals surface area contributed by atoms with Crippen molar-refractivity contribution < 1.29 is 9.53 Å². The molecular formula is C13H24O2. The van der Waals surface area contributed by atoms with Gasteiger partial charge >= 0.3 is 0 Å². The molecule has 0 aromatic heterocycles. The van der Waals surface area contributed by atoms with Crippen molar-refractivity contribution in [3.05, 3.63) is 0 Å². The molecule has 0 atom stereocenters. The van der Waals surface area contributed by atoms with Gasteiger partial charge in [-0.25, -0.2) is 0 Å². The molecule has 88 valence electrons. The van der Waals surface area contributed by atoms with E-state index in [-0.39, 0.29) is 5.41 Å². The fraction of sp³-hybridized carbons (Fsp3) is 0.923. The predicted octanol–water partition coefficient (Wildman–Crippen LogP) is 3.34. The molecule has 0 N–H and O–H groups in total. The van der Waals surface area contributed by atoms with Crippen LogP contribution in [0.15, 0.2) is 0 Å². The third-order valence-electron chi connectivity index (χ3n) is 3.77. The van der Waals surface area contributed by atoms with Crippen LogP contribution in [0.3, 0.4) is 0 Å². The molecule has 0 bridgehead atoms. The molecule has 2 heteroatoms. The number of hydrogen-bond donors (Lipinski definition) is 0. The molecule has 1 rings (SSSR count). The molecule has 0 aromatic carbocycles. The highest BCUT2D eigenvalue weighted by molar-refractivity contribution is 5.82. The maximum Gasteiger partial charge on any atom is 0.135 e. The minimum atomic E-state index is -0.0116. The lowest BCUT2D eigenvalue weighted by Crippen LogP contribution is -2.36. The average Bonchev–Trinajstić information content (AvgIpc) is 2.21. The van der Waals surface area contributed by atoms with Crippen LogP contribution in [0.1, 0.15) is 59.3 Å². The molecule has 0 aliphatic heterocycles. The van der Waals surface area contributed by atoms with Gasteiger partial charge in [0.2, 0.25) is 0 Å². The molecule has 2 nitrogen and oxygen atoms in total. The Morgan fingerprint density at radius 2 is 1.93 bits per heavy atom. The van der Waals surface area contributed by atoms with Gasteiger partial charge in [-0.2, -0.15) is 0 Å². The summed E-state index contributed by atoms with van der Waals surface area (Å²) in [6.07, 6.45) is 6.75. The quantitative estimate of drug-likeness (QED) is 0.698. The van der Waals surface area contributed by atoms with Gasteiger partial charge < -0.3 is 4.74 Å². The van der Waals surface area contributed by atoms with Crippen LogP contribution in [0.2, 0.25) is 0 Å². The molecule has 15 heavy (non-hydrogen) atoms. The van der Waals surface area contributed by atoms with E-state index in [0.717, 1.165) is 45.1 Å². The van der Waals surface area contributed by atoms with E-state index in [1.54, 1.807) is 6.92 Å². The van der Waals surface area contributed by atoms with E-state index in [9.17, 15) is 4.79 Å². The minimum absolute atomic E-state index is 0.0116. The molecule has 1 aliphatic carbocycles. The fourth-order valence-electron chi connectivity index (χ4n) is 2.80. The standard InChI is InChI=1S/C13H24O2/c1-4-8-13(11(3)14)9-6-12(7-10-13)15-5-2/h12H,4-10H2,1-3H3. The Bertz CT molecular complexity index is 203. The fourth-order valence-corrected chi connectivity index (χ4v) is 2.80. The summed E-state index contributed by atoms with van der Waals surface area (Å²) in [4.78, 5) is 11.7. The topological polar surface area (TPSA) is 26.3 Å². The first-order chi connectivity index (χ1) is 7.14. The van der Waals surface area contributed by atoms with E-state index in [0.29, 0.717) is 11.9 Å². The molecular weight excluding hydrogens is 188 g/mol. The first-order valence-electron chi connectivity index (χ1n) is 6.27. The van der Waals surface area contributed by atoms with Crippen LogP contribution in [-0.4, -0.2) is 18.5 Å². The van der Waals surface area contributed by atoms with Crippen LogP contribution in [0.25, 0.3) is 0 Å². The van der Waals surface area contributed by atoms with Crippen molar-refractivity contribution in [1.29, 1.82) is 0 Å². The van der Waals surface area contributed by atoms with Gasteiger partial charge in [-0.1, -0.05) is 13.3 Å². The minimum Gasteiger partial charge on any atom is -0.379 e. The largest absolute Gasteiger partial charge is 0.379 e. The van der Waals surface area contributed by atoms with Crippen LogP contribution in [0, 0.1) is 5.41 Å². The van der Waals surface area contributed by atoms with Crippen molar-refractivity contribution in [2.75, 3.05) is 6.61 Å². The number of hydrogen-bond acceptors (Lipinski definition) is 2. The summed E-state index contributed by atoms with van der Waals surface area (Å²) >= 11 is 0. The Morgan fingerprint density at radius 3 is 2.33 bits per heavy atom. The molecule has 0 unspecified atom stereocenters. The zero-order chi connectivity index (χ0) is 11.3. The van der Waals surface area contributed by atoms with Gasteiger partial charge in [0.15, 0.2) is 0 Å². The van der Waals surface area contributed by atoms with Crippen LogP contribution in [-0.2, 0) is 9.53 Å². The number of carbonyl (C=O) groups is 1. The van der Waals surface area contributed by atoms with Crippen molar-refractivity contribution in [2.45, 2.75) is 65.4 Å². The number of rotatable bonds is 5. The molecule has 0 aromatic rings. The number of carbonyl (C=O) groups excluding carboxylic acids is 1. The lowest BCUT2D eigenvalue weighted by molar-refractivity contribution is -0.130. The molecule has 0 heterocycles. The van der Waals surface area contributed by atoms with Gasteiger partial charge in [-0.05, 0) is 46.0 Å². The Labute approximate surface area is 93.4 Å². The maximum absolute atomic E-state index is 11.7. The summed E-state index contributed by atoms with van der Waals surface area (Å²) in [5.74, 6) is 0.388. The molecule has 0 amide bonds. The zero-order valence-electron chi connectivity index (χ0n) is 10.3. The normalized spacial score (nSPS) is 31.5. The van der Waals surface area contributed by atoms with Crippen molar-refractivity contribution >= 4 is 5.78 Å². The first-order valence-corrected chi connectivity index (χ1v) is 6.27. The number of ether oxygens (including phenoxy) is 1. The summed E-state index contributed by atoms with van der Waals surface area (Å²) < 4.78 is 5.62. The summed E-state index contributed by atoms with van der Waals surface area (Å²) in [7, 11) is 0. The van der Waals surface area contributed by atoms with Crippen molar-refractivity contribution in [1.82, 2.24) is 0 Å². The number of Topliss-reactive ketones (excluding diaryl/α,β-unsaturated/α-hetero) is 1. The van der Waals surface area contributed by atoms with Gasteiger partial charge in [0.1, 0.15) is 5.78 Å². The maximum atomic E-state index is 11.7. The smallest absolute Gasteiger partial charge is 0.135 e. The lowest BCUT2D eigenvalue weighted by Gasteiger charge is -2.38. The summed E-state index contributed by atoms with van der Waals surface area (Å²) in [5, 5.41) is 0. The highest BCUT2D eigenvalue weighted by Crippen LogP contribution is 2.41. The molecule has 0 saturated heterocycles. The van der Waals surface area contributed by atoms with E-state index < -0.39 is 0 Å². The monoisotopic (exact) mass is 212 g/mol. The van der Waals surface area contributed by atoms with E-state index in [2.05, 4.69) is 6.92 Å². The third-order valence-corrected chi connectivity index (χ3v) is 3.77. The summed E-state index contributed by atoms with van der Waals surface area (Å²) in [5.41, 5.74) is -0.0116. The van der Waals surface area contributed by atoms with Gasteiger partial charge in [0, 0.05) is 12.0 Å². The third kappa shape index (κ3) is 3.04. The zero-order valence-corrected chi connectivity index (χ0v) is 10.3. The van der Waals surface area contributed by atoms with Crippen LogP contribution >= 0.6 is 0 Å². The SMILES string of the molecule is CCCC1(C(C)=O)CCC(OCC)CC1. The molecule has 1 saturated carbocycles. The number of ketones is 1. The highest BCUT2D eigenvalue weighted by Gasteiger charge is 2.38. The first kappa shape index (κ1) is 12.7. The molecule has 0 radical (unpaired) electrons. The second kappa shape index (κ2) is 5.64. The van der Waals surface area contributed by atoms with Gasteiger partial charge in [-0.3, -0.25) is 4.79 Å². The van der Waals surface area contributed by atoms with Crippen LogP contribution in [0.4, 0.5) is 0 Å². The predicted molar refractivity (Wildman–Crippen MR) is 61.9 cm³/mol. The van der Waals surface area contributed by atoms with Crippen LogP contribution < -0.4 is 0 Å². The Balaban J connectivity index is 2.53. The van der Waals surface area contributed by atoms with Crippen molar-refractivity contribution in [3.63, 3.8) is 0 Å². The molecule has 1 aliphatic rings. The van der Waals surface area contributed by atoms with Gasteiger partial charge in [0.25, 0.3) is 0 Å². The van der Waals surface area contributed by atoms with E-state index in [1.165, 1.54) is 0 Å². The van der Waals surface area contributed by atoms with E-state index in [4.69, 9.17) is 4.74 Å². The van der Waals surface area contributed by atoms with Gasteiger partial charge in [0.05, 0.1) is 6.10 Å². The highest BCUT2D eigenvalue weighted by atomic mass is 16.5. The second-order valence-corrected chi connectivity index (χ2v) is 4.74. The second-order valence-electron chi connectivity index (χ2n) is 4.74. The van der Waals surface area contributed by atoms with Gasteiger partial charge in [-0.15, -0.1) is 0 Å². The molecule has 1 fully saturated rings. The van der Waals surface area contributed by atoms with E-state index in [1.807, 2.05) is 6.92 Å². The average molecular weight is 212 g/mol. The molecule has 0 spiro atoms. The Hall–Kier alpha value is -0.370. The van der Waals surface area contributed by atoms with Crippen LogP contribution in [0.5, 0.6) is 0 Å². The van der Waals surface area contributed by atoms with E-state index >= 15 is 0 Å². The summed E-state index contributed by atoms with van der Waals surface area (Å²) in [6, 6.07) is 0. The Morgan fingerprint density at radius 1 is 1.33 bits per heavy atom.